The Labute approximate surface area is 117 Å². The zero-order chi connectivity index (χ0) is 13.2. The van der Waals surface area contributed by atoms with Crippen LogP contribution >= 0.6 is 15.9 Å². The largest absolute Gasteiger partial charge is 0.450 e. The molecule has 1 aromatic carbocycles. The maximum atomic E-state index is 12.0. The lowest BCUT2D eigenvalue weighted by atomic mass is 10.2. The van der Waals surface area contributed by atoms with Gasteiger partial charge in [-0.3, -0.25) is 4.79 Å². The van der Waals surface area contributed by atoms with Gasteiger partial charge in [0.25, 0.3) is 5.91 Å². The number of rotatable bonds is 2. The fraction of sp³-hybridized carbons (Fsp3) is 0. The molecule has 2 heterocycles. The molecule has 94 valence electrons. The molecule has 0 fully saturated rings. The first kappa shape index (κ1) is 11.9. The third-order valence-electron chi connectivity index (χ3n) is 2.63. The molecule has 19 heavy (non-hydrogen) atoms. The number of benzene rings is 1. The van der Waals surface area contributed by atoms with Gasteiger partial charge in [-0.1, -0.05) is 18.2 Å². The number of carbonyl (C=O) groups is 1. The van der Waals surface area contributed by atoms with Crippen LogP contribution in [-0.2, 0) is 0 Å². The number of halogens is 1. The van der Waals surface area contributed by atoms with E-state index < -0.39 is 0 Å². The summed E-state index contributed by atoms with van der Waals surface area (Å²) < 4.78 is 6.37. The summed E-state index contributed by atoms with van der Waals surface area (Å²) >= 11 is 3.39. The number of pyridine rings is 1. The van der Waals surface area contributed by atoms with Crippen molar-refractivity contribution < 1.29 is 9.21 Å². The average Bonchev–Trinajstić information content (AvgIpc) is 2.85. The fourth-order valence-corrected chi connectivity index (χ4v) is 2.22. The average molecular weight is 317 g/mol. The van der Waals surface area contributed by atoms with E-state index in [4.69, 9.17) is 4.42 Å². The first-order valence-electron chi connectivity index (χ1n) is 5.64. The van der Waals surface area contributed by atoms with E-state index in [1.54, 1.807) is 30.5 Å². The van der Waals surface area contributed by atoms with Gasteiger partial charge in [-0.15, -0.1) is 0 Å². The van der Waals surface area contributed by atoms with Crippen LogP contribution in [0.5, 0.6) is 0 Å². The van der Waals surface area contributed by atoms with Crippen LogP contribution in [-0.4, -0.2) is 10.9 Å². The van der Waals surface area contributed by atoms with Gasteiger partial charge in [0.2, 0.25) is 0 Å². The maximum Gasteiger partial charge on any atom is 0.292 e. The first-order valence-corrected chi connectivity index (χ1v) is 6.44. The second-order valence-electron chi connectivity index (χ2n) is 3.94. The van der Waals surface area contributed by atoms with Crippen LogP contribution in [0.3, 0.4) is 0 Å². The maximum absolute atomic E-state index is 12.0. The van der Waals surface area contributed by atoms with Crippen molar-refractivity contribution in [3.63, 3.8) is 0 Å². The summed E-state index contributed by atoms with van der Waals surface area (Å²) in [4.78, 5) is 16.1. The minimum atomic E-state index is -0.318. The number of anilines is 1. The van der Waals surface area contributed by atoms with E-state index in [0.717, 1.165) is 9.86 Å². The highest BCUT2D eigenvalue weighted by Crippen LogP contribution is 2.27. The Morgan fingerprint density at radius 3 is 2.84 bits per heavy atom. The van der Waals surface area contributed by atoms with E-state index in [1.807, 2.05) is 18.2 Å². The summed E-state index contributed by atoms with van der Waals surface area (Å²) in [6.07, 6.45) is 1.62. The Hall–Kier alpha value is -2.14. The van der Waals surface area contributed by atoms with E-state index >= 15 is 0 Å². The minimum Gasteiger partial charge on any atom is -0.450 e. The minimum absolute atomic E-state index is 0.257. The Morgan fingerprint density at radius 2 is 2.11 bits per heavy atom. The van der Waals surface area contributed by atoms with Gasteiger partial charge in [0.1, 0.15) is 11.4 Å². The van der Waals surface area contributed by atoms with Gasteiger partial charge in [-0.05, 0) is 40.2 Å². The number of fused-ring (bicyclic) bond motifs is 1. The number of carbonyl (C=O) groups excluding carboxylic acids is 1. The summed E-state index contributed by atoms with van der Waals surface area (Å²) in [5.41, 5.74) is 0.661. The van der Waals surface area contributed by atoms with Gasteiger partial charge < -0.3 is 9.73 Å². The molecule has 1 amide bonds. The second-order valence-corrected chi connectivity index (χ2v) is 4.79. The molecule has 0 aliphatic heterocycles. The SMILES string of the molecule is O=C(Nc1ccccn1)c1cc2cccc(Br)c2o1. The predicted octanol–water partition coefficient (Wildman–Crippen LogP) is 3.84. The quantitative estimate of drug-likeness (QED) is 0.781. The molecule has 0 radical (unpaired) electrons. The molecule has 1 N–H and O–H groups in total. The van der Waals surface area contributed by atoms with Crippen LogP contribution in [0.4, 0.5) is 5.82 Å². The van der Waals surface area contributed by atoms with Crippen molar-refractivity contribution in [1.82, 2.24) is 4.98 Å². The molecule has 3 aromatic rings. The zero-order valence-electron chi connectivity index (χ0n) is 9.76. The van der Waals surface area contributed by atoms with Crippen molar-refractivity contribution in [2.45, 2.75) is 0 Å². The Balaban J connectivity index is 1.92. The second kappa shape index (κ2) is 4.85. The summed E-state index contributed by atoms with van der Waals surface area (Å²) in [5, 5.41) is 3.56. The smallest absolute Gasteiger partial charge is 0.292 e. The third kappa shape index (κ3) is 2.37. The molecular formula is C14H9BrN2O2. The van der Waals surface area contributed by atoms with Crippen LogP contribution in [0.2, 0.25) is 0 Å². The number of para-hydroxylation sites is 1. The lowest BCUT2D eigenvalue weighted by Crippen LogP contribution is -2.11. The van der Waals surface area contributed by atoms with Crippen LogP contribution in [0.1, 0.15) is 10.6 Å². The van der Waals surface area contributed by atoms with Crippen LogP contribution in [0.15, 0.2) is 57.6 Å². The van der Waals surface area contributed by atoms with E-state index in [2.05, 4.69) is 26.2 Å². The molecule has 0 atom stereocenters. The summed E-state index contributed by atoms with van der Waals surface area (Å²) in [7, 11) is 0. The summed E-state index contributed by atoms with van der Waals surface area (Å²) in [6, 6.07) is 12.7. The highest BCUT2D eigenvalue weighted by molar-refractivity contribution is 9.10. The van der Waals surface area contributed by atoms with Crippen LogP contribution < -0.4 is 5.32 Å². The first-order chi connectivity index (χ1) is 9.24. The van der Waals surface area contributed by atoms with Gasteiger partial charge in [0.15, 0.2) is 5.76 Å². The van der Waals surface area contributed by atoms with Gasteiger partial charge >= 0.3 is 0 Å². The van der Waals surface area contributed by atoms with Crippen molar-refractivity contribution >= 4 is 38.6 Å². The highest BCUT2D eigenvalue weighted by Gasteiger charge is 2.14. The number of hydrogen-bond acceptors (Lipinski definition) is 3. The van der Waals surface area contributed by atoms with Crippen LogP contribution in [0, 0.1) is 0 Å². The molecule has 0 spiro atoms. The number of furan rings is 1. The molecule has 0 aliphatic carbocycles. The normalized spacial score (nSPS) is 10.6. The van der Waals surface area contributed by atoms with E-state index in [1.165, 1.54) is 0 Å². The lowest BCUT2D eigenvalue weighted by molar-refractivity contribution is 0.0998. The Kier molecular flexibility index (Phi) is 3.05. The number of amides is 1. The van der Waals surface area contributed by atoms with Crippen molar-refractivity contribution in [2.75, 3.05) is 5.32 Å². The summed E-state index contributed by atoms with van der Waals surface area (Å²) in [5.74, 6) is 0.432. The van der Waals surface area contributed by atoms with E-state index in [0.29, 0.717) is 11.4 Å². The molecule has 0 bridgehead atoms. The molecule has 0 aliphatic rings. The van der Waals surface area contributed by atoms with Gasteiger partial charge in [-0.2, -0.15) is 0 Å². The number of aromatic nitrogens is 1. The van der Waals surface area contributed by atoms with Gasteiger partial charge in [0, 0.05) is 11.6 Å². The molecule has 3 rings (SSSR count). The highest BCUT2D eigenvalue weighted by atomic mass is 79.9. The van der Waals surface area contributed by atoms with Crippen molar-refractivity contribution in [3.8, 4) is 0 Å². The van der Waals surface area contributed by atoms with Gasteiger partial charge in [-0.25, -0.2) is 4.98 Å². The Morgan fingerprint density at radius 1 is 1.21 bits per heavy atom. The molecule has 4 nitrogen and oxygen atoms in total. The van der Waals surface area contributed by atoms with Crippen molar-refractivity contribution in [2.24, 2.45) is 0 Å². The number of nitrogens with zero attached hydrogens (tertiary/aromatic N) is 1. The molecule has 0 saturated carbocycles. The fourth-order valence-electron chi connectivity index (χ4n) is 1.75. The molecule has 5 heteroatoms. The molecule has 0 unspecified atom stereocenters. The predicted molar refractivity (Wildman–Crippen MR) is 76.1 cm³/mol. The molecule has 0 saturated heterocycles. The van der Waals surface area contributed by atoms with Crippen LogP contribution in [0.25, 0.3) is 11.0 Å². The summed E-state index contributed by atoms with van der Waals surface area (Å²) in [6.45, 7) is 0. The monoisotopic (exact) mass is 316 g/mol. The van der Waals surface area contributed by atoms with Crippen molar-refractivity contribution in [1.29, 1.82) is 0 Å². The van der Waals surface area contributed by atoms with Crippen molar-refractivity contribution in [3.05, 3.63) is 58.9 Å². The standard InChI is InChI=1S/C14H9BrN2O2/c15-10-5-3-4-9-8-11(19-13(9)10)14(18)17-12-6-1-2-7-16-12/h1-8H,(H,16,17,18). The molecule has 2 aromatic heterocycles. The lowest BCUT2D eigenvalue weighted by Gasteiger charge is -2.00. The number of nitrogens with one attached hydrogen (secondary N) is 1. The number of hydrogen-bond donors (Lipinski definition) is 1. The zero-order valence-corrected chi connectivity index (χ0v) is 11.3. The van der Waals surface area contributed by atoms with E-state index in [9.17, 15) is 4.79 Å². The molecular weight excluding hydrogens is 308 g/mol. The third-order valence-corrected chi connectivity index (χ3v) is 3.25. The van der Waals surface area contributed by atoms with Gasteiger partial charge in [0.05, 0.1) is 4.47 Å². The van der Waals surface area contributed by atoms with E-state index in [-0.39, 0.29) is 11.7 Å². The topological polar surface area (TPSA) is 55.1 Å². The Bertz CT molecular complexity index is 738.